The van der Waals surface area contributed by atoms with Crippen molar-refractivity contribution in [1.82, 2.24) is 10.6 Å². The molecule has 5 N–H and O–H groups in total. The number of fused-ring (bicyclic) bond motifs is 1. The van der Waals surface area contributed by atoms with Crippen LogP contribution in [0.5, 0.6) is 0 Å². The van der Waals surface area contributed by atoms with E-state index in [0.29, 0.717) is 29.7 Å². The van der Waals surface area contributed by atoms with Crippen LogP contribution in [-0.2, 0) is 20.9 Å². The van der Waals surface area contributed by atoms with Gasteiger partial charge in [0.2, 0.25) is 11.8 Å². The summed E-state index contributed by atoms with van der Waals surface area (Å²) in [6.07, 6.45) is 0.595. The maximum absolute atomic E-state index is 15.3. The quantitative estimate of drug-likeness (QED) is 0.273. The Hall–Kier alpha value is -5.13. The largest absolute Gasteiger partial charge is 0.480 e. The van der Waals surface area contributed by atoms with Crippen molar-refractivity contribution in [2.24, 2.45) is 5.41 Å². The number of halogens is 2. The molecule has 1 aliphatic carbocycles. The van der Waals surface area contributed by atoms with E-state index in [1.807, 2.05) is 0 Å². The second-order valence-electron chi connectivity index (χ2n) is 9.47. The third-order valence-corrected chi connectivity index (χ3v) is 6.85. The van der Waals surface area contributed by atoms with E-state index >= 15 is 4.39 Å². The van der Waals surface area contributed by atoms with Crippen LogP contribution in [-0.4, -0.2) is 41.2 Å². The van der Waals surface area contributed by atoms with Crippen molar-refractivity contribution in [3.05, 3.63) is 82.9 Å². The van der Waals surface area contributed by atoms with E-state index in [4.69, 9.17) is 5.11 Å². The zero-order valence-electron chi connectivity index (χ0n) is 20.8. The highest BCUT2D eigenvalue weighted by atomic mass is 19.1. The number of benzene rings is 3. The van der Waals surface area contributed by atoms with Crippen molar-refractivity contribution in [1.29, 1.82) is 0 Å². The van der Waals surface area contributed by atoms with Crippen LogP contribution in [0, 0.1) is 17.0 Å². The Kier molecular flexibility index (Phi) is 6.76. The second-order valence-corrected chi connectivity index (χ2v) is 9.47. The summed E-state index contributed by atoms with van der Waals surface area (Å²) in [5.74, 6) is -4.88. The number of anilines is 2. The molecule has 0 unspecified atom stereocenters. The summed E-state index contributed by atoms with van der Waals surface area (Å²) >= 11 is 0. The van der Waals surface area contributed by atoms with Gasteiger partial charge in [0, 0.05) is 23.5 Å². The van der Waals surface area contributed by atoms with Crippen LogP contribution in [0.1, 0.15) is 39.1 Å². The fraction of sp³-hybridized carbons (Fsp3) is 0.179. The van der Waals surface area contributed by atoms with E-state index in [9.17, 15) is 28.4 Å². The number of amides is 4. The first kappa shape index (κ1) is 26.5. The number of carboxylic acids is 1. The van der Waals surface area contributed by atoms with Crippen molar-refractivity contribution in [3.8, 4) is 11.1 Å². The van der Waals surface area contributed by atoms with Gasteiger partial charge in [0.25, 0.3) is 11.8 Å². The van der Waals surface area contributed by atoms with E-state index in [1.165, 1.54) is 48.5 Å². The molecule has 3 aromatic rings. The third kappa shape index (κ3) is 4.98. The molecule has 1 fully saturated rings. The number of nitrogens with one attached hydrogen (secondary N) is 4. The number of carbonyl (C=O) groups excluding carboxylic acids is 4. The first-order valence-electron chi connectivity index (χ1n) is 12.2. The van der Waals surface area contributed by atoms with Crippen LogP contribution in [0.4, 0.5) is 20.2 Å². The van der Waals surface area contributed by atoms with Gasteiger partial charge in [0.1, 0.15) is 23.6 Å². The molecule has 4 amide bonds. The maximum atomic E-state index is 15.3. The van der Waals surface area contributed by atoms with Crippen LogP contribution >= 0.6 is 0 Å². The van der Waals surface area contributed by atoms with Crippen molar-refractivity contribution < 1.29 is 37.9 Å². The van der Waals surface area contributed by atoms with Gasteiger partial charge < -0.3 is 26.4 Å². The zero-order chi connectivity index (χ0) is 28.6. The number of hydrogen-bond acceptors (Lipinski definition) is 5. The molecule has 5 rings (SSSR count). The molecule has 1 saturated carbocycles. The first-order valence-corrected chi connectivity index (χ1v) is 12.2. The number of hydrogen-bond donors (Lipinski definition) is 5. The Labute approximate surface area is 225 Å². The molecule has 10 nitrogen and oxygen atoms in total. The monoisotopic (exact) mass is 548 g/mol. The van der Waals surface area contributed by atoms with Gasteiger partial charge >= 0.3 is 5.97 Å². The Balaban J connectivity index is 1.34. The second kappa shape index (κ2) is 10.2. The first-order chi connectivity index (χ1) is 19.1. The molecule has 0 saturated heterocycles. The number of aliphatic carboxylic acids is 1. The molecule has 3 aromatic carbocycles. The highest BCUT2D eigenvalue weighted by molar-refractivity contribution is 6.17. The SMILES string of the molecule is O=C(O)CNC(=O)c1ccc(-c2ccc(NC(=O)C3(C(=O)Nc4ccc(F)cc4)CC3)cc2F)c2c1C(=O)NC2. The summed E-state index contributed by atoms with van der Waals surface area (Å²) in [5.41, 5.74) is -0.0531. The fourth-order valence-electron chi connectivity index (χ4n) is 4.57. The van der Waals surface area contributed by atoms with Crippen LogP contribution < -0.4 is 21.3 Å². The Bertz CT molecular complexity index is 1580. The molecule has 1 aliphatic heterocycles. The molecule has 2 aliphatic rings. The number of rotatable bonds is 8. The van der Waals surface area contributed by atoms with Crippen molar-refractivity contribution in [3.63, 3.8) is 0 Å². The molecule has 204 valence electrons. The van der Waals surface area contributed by atoms with E-state index < -0.39 is 53.2 Å². The third-order valence-electron chi connectivity index (χ3n) is 6.85. The minimum absolute atomic E-state index is 0.0278. The predicted octanol–water partition coefficient (Wildman–Crippen LogP) is 3.05. The highest BCUT2D eigenvalue weighted by Crippen LogP contribution is 2.47. The summed E-state index contributed by atoms with van der Waals surface area (Å²) in [6, 6.07) is 11.9. The van der Waals surface area contributed by atoms with Crippen molar-refractivity contribution in [2.75, 3.05) is 17.2 Å². The topological polar surface area (TPSA) is 154 Å². The van der Waals surface area contributed by atoms with Crippen molar-refractivity contribution >= 4 is 41.0 Å². The molecule has 40 heavy (non-hydrogen) atoms. The minimum atomic E-state index is -1.33. The van der Waals surface area contributed by atoms with Gasteiger partial charge in [0.05, 0.1) is 11.1 Å². The van der Waals surface area contributed by atoms with Crippen LogP contribution in [0.25, 0.3) is 11.1 Å². The summed E-state index contributed by atoms with van der Waals surface area (Å²) in [6.45, 7) is -0.596. The van der Waals surface area contributed by atoms with E-state index in [2.05, 4.69) is 21.3 Å². The van der Waals surface area contributed by atoms with Crippen molar-refractivity contribution in [2.45, 2.75) is 19.4 Å². The molecule has 0 radical (unpaired) electrons. The summed E-state index contributed by atoms with van der Waals surface area (Å²) < 4.78 is 28.4. The standard InChI is InChI=1S/C28H22F2N4O6/c29-14-1-3-15(4-2-14)33-26(39)28(9-10-28)27(40)34-16-5-6-18(21(30)11-16)17-7-8-19(24(37)32-13-22(35)36)23-20(17)12-31-25(23)38/h1-8,11H,9-10,12-13H2,(H,31,38)(H,32,37)(H,33,39)(H,34,40)(H,35,36). The van der Waals surface area contributed by atoms with Gasteiger partial charge in [-0.3, -0.25) is 24.0 Å². The average molecular weight is 549 g/mol. The van der Waals surface area contributed by atoms with Gasteiger partial charge in [-0.15, -0.1) is 0 Å². The molecular formula is C28H22F2N4O6. The Morgan fingerprint density at radius 2 is 1.50 bits per heavy atom. The van der Waals surface area contributed by atoms with Gasteiger partial charge in [-0.25, -0.2) is 8.78 Å². The normalized spacial score (nSPS) is 14.5. The van der Waals surface area contributed by atoms with Gasteiger partial charge in [0.15, 0.2) is 0 Å². The molecule has 0 spiro atoms. The zero-order valence-corrected chi connectivity index (χ0v) is 20.8. The lowest BCUT2D eigenvalue weighted by Gasteiger charge is -2.16. The molecule has 0 bridgehead atoms. The predicted molar refractivity (Wildman–Crippen MR) is 138 cm³/mol. The lowest BCUT2D eigenvalue weighted by Crippen LogP contribution is -2.35. The van der Waals surface area contributed by atoms with E-state index in [-0.39, 0.29) is 28.9 Å². The lowest BCUT2D eigenvalue weighted by atomic mass is 9.92. The van der Waals surface area contributed by atoms with Gasteiger partial charge in [-0.2, -0.15) is 0 Å². The molecule has 0 aromatic heterocycles. The highest BCUT2D eigenvalue weighted by Gasteiger charge is 2.56. The minimum Gasteiger partial charge on any atom is -0.480 e. The lowest BCUT2D eigenvalue weighted by molar-refractivity contribution is -0.136. The molecule has 0 atom stereocenters. The maximum Gasteiger partial charge on any atom is 0.322 e. The summed E-state index contributed by atoms with van der Waals surface area (Å²) in [4.78, 5) is 61.4. The van der Waals surface area contributed by atoms with Crippen LogP contribution in [0.3, 0.4) is 0 Å². The van der Waals surface area contributed by atoms with Gasteiger partial charge in [-0.05, 0) is 72.5 Å². The summed E-state index contributed by atoms with van der Waals surface area (Å²) in [5, 5.41) is 18.8. The van der Waals surface area contributed by atoms with E-state index in [0.717, 1.165) is 6.07 Å². The number of carbonyl (C=O) groups is 5. The fourth-order valence-corrected chi connectivity index (χ4v) is 4.57. The van der Waals surface area contributed by atoms with Crippen LogP contribution in [0.2, 0.25) is 0 Å². The Morgan fingerprint density at radius 1 is 0.875 bits per heavy atom. The molecule has 12 heteroatoms. The molecule has 1 heterocycles. The molecular weight excluding hydrogens is 526 g/mol. The number of carboxylic acid groups (broad SMARTS) is 1. The van der Waals surface area contributed by atoms with E-state index in [1.54, 1.807) is 0 Å². The Morgan fingerprint density at radius 3 is 2.12 bits per heavy atom. The smallest absolute Gasteiger partial charge is 0.322 e. The van der Waals surface area contributed by atoms with Gasteiger partial charge in [-0.1, -0.05) is 6.07 Å². The van der Waals surface area contributed by atoms with Crippen LogP contribution in [0.15, 0.2) is 54.6 Å². The average Bonchev–Trinajstić information content (AvgIpc) is 3.66. The summed E-state index contributed by atoms with van der Waals surface area (Å²) in [7, 11) is 0.